The summed E-state index contributed by atoms with van der Waals surface area (Å²) in [6.45, 7) is 1.86. The molecule has 5 heteroatoms. The van der Waals surface area contributed by atoms with Gasteiger partial charge in [0.2, 0.25) is 0 Å². The maximum absolute atomic E-state index is 12.2. The number of fused-ring (bicyclic) bond motifs is 1. The minimum Gasteiger partial charge on any atom is -0.312 e. The van der Waals surface area contributed by atoms with Crippen LogP contribution in [-0.4, -0.2) is 27.1 Å². The van der Waals surface area contributed by atoms with Gasteiger partial charge >= 0.3 is 0 Å². The van der Waals surface area contributed by atoms with Crippen molar-refractivity contribution in [3.05, 3.63) is 47.0 Å². The molecule has 0 atom stereocenters. The van der Waals surface area contributed by atoms with Gasteiger partial charge < -0.3 is 5.32 Å². The normalized spacial score (nSPS) is 14.2. The van der Waals surface area contributed by atoms with Crippen molar-refractivity contribution in [3.8, 4) is 0 Å². The van der Waals surface area contributed by atoms with Crippen LogP contribution in [-0.2, 0) is 26.4 Å². The van der Waals surface area contributed by atoms with Crippen LogP contribution in [0.25, 0.3) is 0 Å². The van der Waals surface area contributed by atoms with Crippen LogP contribution in [0.15, 0.2) is 24.5 Å². The number of carbonyl (C=O) groups excluding carboxylic acids is 1. The zero-order valence-electron chi connectivity index (χ0n) is 10.9. The fourth-order valence-corrected chi connectivity index (χ4v) is 2.38. The summed E-state index contributed by atoms with van der Waals surface area (Å²) in [5, 5.41) is 7.30. The van der Waals surface area contributed by atoms with E-state index in [0.29, 0.717) is 12.2 Å². The molecule has 1 aliphatic heterocycles. The zero-order chi connectivity index (χ0) is 13.2. The number of carbonyl (C=O) groups is 1. The highest BCUT2D eigenvalue weighted by Gasteiger charge is 2.14. The lowest BCUT2D eigenvalue weighted by atomic mass is 9.96. The van der Waals surface area contributed by atoms with Crippen LogP contribution >= 0.6 is 0 Å². The second-order valence-electron chi connectivity index (χ2n) is 4.81. The van der Waals surface area contributed by atoms with E-state index in [1.165, 1.54) is 17.5 Å². The number of hydrogen-bond donors (Lipinski definition) is 1. The molecule has 2 heterocycles. The number of rotatable bonds is 3. The molecule has 1 N–H and O–H groups in total. The van der Waals surface area contributed by atoms with Gasteiger partial charge in [-0.15, -0.1) is 0 Å². The number of benzene rings is 1. The molecule has 0 spiro atoms. The molecule has 3 rings (SSSR count). The van der Waals surface area contributed by atoms with Gasteiger partial charge in [-0.1, -0.05) is 12.1 Å². The van der Waals surface area contributed by atoms with Crippen LogP contribution in [0.2, 0.25) is 0 Å². The first-order chi connectivity index (χ1) is 9.24. The Morgan fingerprint density at radius 3 is 3.11 bits per heavy atom. The van der Waals surface area contributed by atoms with Gasteiger partial charge in [0.05, 0.1) is 6.42 Å². The number of nitrogens with zero attached hydrogens (tertiary/aromatic N) is 3. The lowest BCUT2D eigenvalue weighted by Gasteiger charge is -2.17. The van der Waals surface area contributed by atoms with Gasteiger partial charge in [-0.05, 0) is 30.2 Å². The second kappa shape index (κ2) is 4.93. The van der Waals surface area contributed by atoms with Crippen molar-refractivity contribution >= 4 is 5.78 Å². The maximum Gasteiger partial charge on any atom is 0.170 e. The van der Waals surface area contributed by atoms with E-state index >= 15 is 0 Å². The molecule has 0 saturated heterocycles. The molecule has 0 aliphatic carbocycles. The summed E-state index contributed by atoms with van der Waals surface area (Å²) in [7, 11) is 1.80. The lowest BCUT2D eigenvalue weighted by molar-refractivity contribution is 0.0989. The third-order valence-electron chi connectivity index (χ3n) is 3.54. The maximum atomic E-state index is 12.2. The standard InChI is InChI=1S/C14H16N4O/c1-18-14(16-9-17-18)7-13(19)11-3-2-10-4-5-15-8-12(10)6-11/h2-3,6,9,15H,4-5,7-8H2,1H3. The molecule has 2 aromatic rings. The van der Waals surface area contributed by atoms with Gasteiger partial charge in [-0.2, -0.15) is 5.10 Å². The Morgan fingerprint density at radius 1 is 1.42 bits per heavy atom. The Bertz CT molecular complexity index is 618. The molecule has 0 unspecified atom stereocenters. The topological polar surface area (TPSA) is 59.8 Å². The van der Waals surface area contributed by atoms with Crippen LogP contribution in [0.4, 0.5) is 0 Å². The molecule has 19 heavy (non-hydrogen) atoms. The Hall–Kier alpha value is -2.01. The zero-order valence-corrected chi connectivity index (χ0v) is 10.9. The molecule has 0 bridgehead atoms. The Morgan fingerprint density at radius 2 is 2.32 bits per heavy atom. The van der Waals surface area contributed by atoms with E-state index in [-0.39, 0.29) is 5.78 Å². The van der Waals surface area contributed by atoms with Crippen LogP contribution in [0.5, 0.6) is 0 Å². The molecule has 1 aromatic carbocycles. The SMILES string of the molecule is Cn1ncnc1CC(=O)c1ccc2c(c1)CNCC2. The molecular weight excluding hydrogens is 240 g/mol. The predicted octanol–water partition coefficient (Wildman–Crippen LogP) is 0.886. The first kappa shape index (κ1) is 12.0. The second-order valence-corrected chi connectivity index (χ2v) is 4.81. The van der Waals surface area contributed by atoms with Gasteiger partial charge in [0.1, 0.15) is 12.2 Å². The fraction of sp³-hybridized carbons (Fsp3) is 0.357. The molecule has 5 nitrogen and oxygen atoms in total. The van der Waals surface area contributed by atoms with Gasteiger partial charge in [-0.3, -0.25) is 9.48 Å². The summed E-state index contributed by atoms with van der Waals surface area (Å²) >= 11 is 0. The minimum atomic E-state index is 0.0875. The Kier molecular flexibility index (Phi) is 3.13. The first-order valence-electron chi connectivity index (χ1n) is 6.42. The third-order valence-corrected chi connectivity index (χ3v) is 3.54. The monoisotopic (exact) mass is 256 g/mol. The van der Waals surface area contributed by atoms with Gasteiger partial charge in [-0.25, -0.2) is 4.98 Å². The quantitative estimate of drug-likeness (QED) is 0.828. The number of nitrogens with one attached hydrogen (secondary N) is 1. The van der Waals surface area contributed by atoms with Crippen LogP contribution in [0.1, 0.15) is 27.3 Å². The Labute approximate surface area is 111 Å². The number of aryl methyl sites for hydroxylation is 1. The predicted molar refractivity (Wildman–Crippen MR) is 70.9 cm³/mol. The average Bonchev–Trinajstić information content (AvgIpc) is 2.84. The number of ketones is 1. The molecule has 0 radical (unpaired) electrons. The summed E-state index contributed by atoms with van der Waals surface area (Å²) in [6, 6.07) is 5.99. The summed E-state index contributed by atoms with van der Waals surface area (Å²) < 4.78 is 1.64. The molecule has 1 aliphatic rings. The van der Waals surface area contributed by atoms with Gasteiger partial charge in [0.25, 0.3) is 0 Å². The van der Waals surface area contributed by atoms with Crippen molar-refractivity contribution in [2.75, 3.05) is 6.54 Å². The highest BCUT2D eigenvalue weighted by Crippen LogP contribution is 2.17. The molecular formula is C14H16N4O. The number of Topliss-reactive ketones (excluding diaryl/α,β-unsaturated/α-hetero) is 1. The molecule has 98 valence electrons. The van der Waals surface area contributed by atoms with E-state index in [1.807, 2.05) is 12.1 Å². The van der Waals surface area contributed by atoms with Crippen molar-refractivity contribution in [3.63, 3.8) is 0 Å². The van der Waals surface area contributed by atoms with Gasteiger partial charge in [0, 0.05) is 19.2 Å². The van der Waals surface area contributed by atoms with Crippen LogP contribution in [0, 0.1) is 0 Å². The summed E-state index contributed by atoms with van der Waals surface area (Å²) in [5.74, 6) is 0.783. The van der Waals surface area contributed by atoms with Crippen molar-refractivity contribution < 1.29 is 4.79 Å². The van der Waals surface area contributed by atoms with Crippen molar-refractivity contribution in [1.82, 2.24) is 20.1 Å². The fourth-order valence-electron chi connectivity index (χ4n) is 2.38. The third kappa shape index (κ3) is 2.42. The lowest BCUT2D eigenvalue weighted by Crippen LogP contribution is -2.24. The largest absolute Gasteiger partial charge is 0.312 e. The number of hydrogen-bond acceptors (Lipinski definition) is 4. The molecule has 0 saturated carbocycles. The van der Waals surface area contributed by atoms with Crippen molar-refractivity contribution in [2.24, 2.45) is 7.05 Å². The van der Waals surface area contributed by atoms with E-state index in [1.54, 1.807) is 11.7 Å². The summed E-state index contributed by atoms with van der Waals surface area (Å²) in [6.07, 6.45) is 2.80. The van der Waals surface area contributed by atoms with Crippen LogP contribution in [0.3, 0.4) is 0 Å². The van der Waals surface area contributed by atoms with Gasteiger partial charge in [0.15, 0.2) is 5.78 Å². The van der Waals surface area contributed by atoms with Crippen molar-refractivity contribution in [2.45, 2.75) is 19.4 Å². The van der Waals surface area contributed by atoms with E-state index in [2.05, 4.69) is 21.5 Å². The molecule has 0 amide bonds. The first-order valence-corrected chi connectivity index (χ1v) is 6.42. The highest BCUT2D eigenvalue weighted by atomic mass is 16.1. The minimum absolute atomic E-state index is 0.0875. The summed E-state index contributed by atoms with van der Waals surface area (Å²) in [4.78, 5) is 16.3. The van der Waals surface area contributed by atoms with Crippen LogP contribution < -0.4 is 5.32 Å². The molecule has 0 fully saturated rings. The number of aromatic nitrogens is 3. The highest BCUT2D eigenvalue weighted by molar-refractivity contribution is 5.97. The Balaban J connectivity index is 1.82. The summed E-state index contributed by atoms with van der Waals surface area (Å²) in [5.41, 5.74) is 3.33. The molecule has 1 aromatic heterocycles. The van der Waals surface area contributed by atoms with Crippen molar-refractivity contribution in [1.29, 1.82) is 0 Å². The smallest absolute Gasteiger partial charge is 0.170 e. The average molecular weight is 256 g/mol. The van der Waals surface area contributed by atoms with E-state index in [4.69, 9.17) is 0 Å². The van der Waals surface area contributed by atoms with E-state index in [0.717, 1.165) is 25.1 Å². The van der Waals surface area contributed by atoms with E-state index in [9.17, 15) is 4.79 Å². The van der Waals surface area contributed by atoms with E-state index < -0.39 is 0 Å².